The van der Waals surface area contributed by atoms with Gasteiger partial charge in [0.2, 0.25) is 0 Å². The van der Waals surface area contributed by atoms with Crippen molar-refractivity contribution in [1.82, 2.24) is 0 Å². The number of benzene rings is 2. The minimum absolute atomic E-state index is 0.139. The molecule has 22 heavy (non-hydrogen) atoms. The predicted molar refractivity (Wildman–Crippen MR) is 79.9 cm³/mol. The van der Waals surface area contributed by atoms with Crippen molar-refractivity contribution in [1.29, 1.82) is 0 Å². The molecule has 112 valence electrons. The van der Waals surface area contributed by atoms with Crippen LogP contribution in [0.1, 0.15) is 10.4 Å². The Morgan fingerprint density at radius 1 is 1.32 bits per heavy atom. The van der Waals surface area contributed by atoms with Gasteiger partial charge in [0.1, 0.15) is 5.82 Å². The van der Waals surface area contributed by atoms with Crippen LogP contribution in [-0.4, -0.2) is 18.4 Å². The average Bonchev–Trinajstić information content (AvgIpc) is 2.46. The number of carbonyl (C=O) groups is 2. The van der Waals surface area contributed by atoms with Crippen LogP contribution < -0.4 is 15.4 Å². The first-order valence-electron chi connectivity index (χ1n) is 6.36. The van der Waals surface area contributed by atoms with Gasteiger partial charge in [0.25, 0.3) is 11.8 Å². The van der Waals surface area contributed by atoms with Gasteiger partial charge in [0.05, 0.1) is 11.4 Å². The first kappa shape index (κ1) is 14.3. The maximum atomic E-state index is 13.6. The summed E-state index contributed by atoms with van der Waals surface area (Å²) in [5.74, 6) is -1.23. The largest absolute Gasteiger partial charge is 0.479 e. The monoisotopic (exact) mass is 320 g/mol. The number of anilines is 2. The van der Waals surface area contributed by atoms with E-state index in [2.05, 4.69) is 10.6 Å². The lowest BCUT2D eigenvalue weighted by atomic mass is 10.2. The topological polar surface area (TPSA) is 67.4 Å². The molecular weight excluding hydrogens is 311 g/mol. The second-order valence-corrected chi connectivity index (χ2v) is 5.07. The molecule has 1 heterocycles. The zero-order chi connectivity index (χ0) is 15.7. The number of ether oxygens (including phenoxy) is 1. The van der Waals surface area contributed by atoms with Gasteiger partial charge in [-0.05, 0) is 18.2 Å². The summed E-state index contributed by atoms with van der Waals surface area (Å²) >= 11 is 5.84. The number of hydrogen-bond acceptors (Lipinski definition) is 3. The summed E-state index contributed by atoms with van der Waals surface area (Å²) < 4.78 is 18.9. The SMILES string of the molecule is O=C1COc2c(cc(F)cc2NC(=O)c2cccc(Cl)c2)N1. The molecular formula is C15H10ClFN2O3. The fraction of sp³-hybridized carbons (Fsp3) is 0.0667. The standard InChI is InChI=1S/C15H10ClFN2O3/c16-9-3-1-2-8(4-9)15(21)19-12-6-10(17)5-11-14(12)22-7-13(20)18-11/h1-6H,7H2,(H,18,20)(H,19,21). The van der Waals surface area contributed by atoms with Crippen molar-refractivity contribution in [3.05, 3.63) is 52.8 Å². The number of hydrogen-bond donors (Lipinski definition) is 2. The highest BCUT2D eigenvalue weighted by Gasteiger charge is 2.22. The van der Waals surface area contributed by atoms with Crippen LogP contribution in [0.3, 0.4) is 0 Å². The number of fused-ring (bicyclic) bond motifs is 1. The van der Waals surface area contributed by atoms with E-state index in [1.54, 1.807) is 18.2 Å². The van der Waals surface area contributed by atoms with Gasteiger partial charge in [-0.15, -0.1) is 0 Å². The van der Waals surface area contributed by atoms with E-state index in [0.717, 1.165) is 12.1 Å². The van der Waals surface area contributed by atoms with Crippen molar-refractivity contribution >= 4 is 34.8 Å². The summed E-state index contributed by atoms with van der Waals surface area (Å²) in [5.41, 5.74) is 0.642. The summed E-state index contributed by atoms with van der Waals surface area (Å²) in [6, 6.07) is 8.59. The molecule has 2 amide bonds. The molecule has 1 aliphatic heterocycles. The molecule has 0 aliphatic carbocycles. The summed E-state index contributed by atoms with van der Waals surface area (Å²) in [5, 5.41) is 5.46. The lowest BCUT2D eigenvalue weighted by Gasteiger charge is -2.21. The van der Waals surface area contributed by atoms with Crippen LogP contribution in [0.25, 0.3) is 0 Å². The molecule has 5 nitrogen and oxygen atoms in total. The van der Waals surface area contributed by atoms with Gasteiger partial charge in [-0.3, -0.25) is 9.59 Å². The summed E-state index contributed by atoms with van der Waals surface area (Å²) in [6.07, 6.45) is 0. The van der Waals surface area contributed by atoms with Gasteiger partial charge < -0.3 is 15.4 Å². The molecule has 0 atom stereocenters. The maximum absolute atomic E-state index is 13.6. The van der Waals surface area contributed by atoms with Crippen molar-refractivity contribution in [3.8, 4) is 5.75 Å². The van der Waals surface area contributed by atoms with Crippen LogP contribution in [0.4, 0.5) is 15.8 Å². The summed E-state index contributed by atoms with van der Waals surface area (Å²) in [7, 11) is 0. The van der Waals surface area contributed by atoms with E-state index in [9.17, 15) is 14.0 Å². The number of halogens is 2. The highest BCUT2D eigenvalue weighted by atomic mass is 35.5. The smallest absolute Gasteiger partial charge is 0.262 e. The third-order valence-corrected chi connectivity index (χ3v) is 3.25. The molecule has 0 spiro atoms. The second kappa shape index (κ2) is 5.65. The van der Waals surface area contributed by atoms with Crippen molar-refractivity contribution in [2.45, 2.75) is 0 Å². The van der Waals surface area contributed by atoms with E-state index in [1.165, 1.54) is 6.07 Å². The molecule has 0 saturated heterocycles. The van der Waals surface area contributed by atoms with Gasteiger partial charge in [-0.2, -0.15) is 0 Å². The predicted octanol–water partition coefficient (Wildman–Crippen LogP) is 3.06. The Hall–Kier alpha value is -2.60. The lowest BCUT2D eigenvalue weighted by molar-refractivity contribution is -0.118. The van der Waals surface area contributed by atoms with Crippen molar-refractivity contribution < 1.29 is 18.7 Å². The molecule has 2 aromatic rings. The molecule has 1 aliphatic rings. The molecule has 0 bridgehead atoms. The Labute approximate surface area is 130 Å². The van der Waals surface area contributed by atoms with E-state index in [4.69, 9.17) is 16.3 Å². The summed E-state index contributed by atoms with van der Waals surface area (Å²) in [6.45, 7) is -0.196. The van der Waals surface area contributed by atoms with Gasteiger partial charge in [0.15, 0.2) is 12.4 Å². The third-order valence-electron chi connectivity index (χ3n) is 3.01. The molecule has 0 aromatic heterocycles. The first-order valence-corrected chi connectivity index (χ1v) is 6.74. The van der Waals surface area contributed by atoms with E-state index in [-0.39, 0.29) is 29.6 Å². The Kier molecular flexibility index (Phi) is 3.68. The molecule has 0 radical (unpaired) electrons. The Morgan fingerprint density at radius 3 is 2.91 bits per heavy atom. The van der Waals surface area contributed by atoms with E-state index in [1.807, 2.05) is 0 Å². The van der Waals surface area contributed by atoms with Crippen LogP contribution in [0.5, 0.6) is 5.75 Å². The minimum atomic E-state index is -0.606. The number of nitrogens with one attached hydrogen (secondary N) is 2. The zero-order valence-electron chi connectivity index (χ0n) is 11.2. The van der Waals surface area contributed by atoms with Crippen molar-refractivity contribution in [2.75, 3.05) is 17.2 Å². The van der Waals surface area contributed by atoms with E-state index < -0.39 is 11.7 Å². The van der Waals surface area contributed by atoms with Crippen LogP contribution in [0.15, 0.2) is 36.4 Å². The Bertz CT molecular complexity index is 779. The third kappa shape index (κ3) is 2.87. The second-order valence-electron chi connectivity index (χ2n) is 4.63. The fourth-order valence-electron chi connectivity index (χ4n) is 2.08. The quantitative estimate of drug-likeness (QED) is 0.893. The first-order chi connectivity index (χ1) is 10.5. The van der Waals surface area contributed by atoms with Crippen LogP contribution in [0, 0.1) is 5.82 Å². The van der Waals surface area contributed by atoms with Gasteiger partial charge in [0, 0.05) is 22.7 Å². The van der Waals surface area contributed by atoms with E-state index >= 15 is 0 Å². The number of carbonyl (C=O) groups excluding carboxylic acids is 2. The maximum Gasteiger partial charge on any atom is 0.262 e. The normalized spacial score (nSPS) is 12.9. The zero-order valence-corrected chi connectivity index (χ0v) is 11.9. The number of amides is 2. The number of rotatable bonds is 2. The highest BCUT2D eigenvalue weighted by molar-refractivity contribution is 6.31. The molecule has 7 heteroatoms. The van der Waals surface area contributed by atoms with Crippen LogP contribution >= 0.6 is 11.6 Å². The Morgan fingerprint density at radius 2 is 2.14 bits per heavy atom. The molecule has 2 N–H and O–H groups in total. The Balaban J connectivity index is 1.92. The fourth-order valence-corrected chi connectivity index (χ4v) is 2.27. The summed E-state index contributed by atoms with van der Waals surface area (Å²) in [4.78, 5) is 23.5. The van der Waals surface area contributed by atoms with E-state index in [0.29, 0.717) is 10.6 Å². The molecule has 0 unspecified atom stereocenters. The lowest BCUT2D eigenvalue weighted by Crippen LogP contribution is -2.26. The minimum Gasteiger partial charge on any atom is -0.479 e. The molecule has 0 fully saturated rings. The highest BCUT2D eigenvalue weighted by Crippen LogP contribution is 2.36. The average molecular weight is 321 g/mol. The molecule has 0 saturated carbocycles. The molecule has 3 rings (SSSR count). The van der Waals surface area contributed by atoms with Gasteiger partial charge in [-0.1, -0.05) is 17.7 Å². The van der Waals surface area contributed by atoms with Gasteiger partial charge >= 0.3 is 0 Å². The van der Waals surface area contributed by atoms with Crippen molar-refractivity contribution in [3.63, 3.8) is 0 Å². The van der Waals surface area contributed by atoms with Gasteiger partial charge in [-0.25, -0.2) is 4.39 Å². The molecule has 2 aromatic carbocycles. The van der Waals surface area contributed by atoms with Crippen molar-refractivity contribution in [2.24, 2.45) is 0 Å². The van der Waals surface area contributed by atoms with Crippen LogP contribution in [-0.2, 0) is 4.79 Å². The van der Waals surface area contributed by atoms with Crippen LogP contribution in [0.2, 0.25) is 5.02 Å².